The molecular weight excluding hydrogens is 380 g/mol. The maximum atomic E-state index is 12.6. The molecule has 26 heavy (non-hydrogen) atoms. The van der Waals surface area contributed by atoms with Gasteiger partial charge in [-0.2, -0.15) is 0 Å². The second-order valence-corrected chi connectivity index (χ2v) is 7.52. The Bertz CT molecular complexity index is 872. The molecule has 138 valence electrons. The molecular formula is C17H17ClN2O5S. The first-order valence-electron chi connectivity index (χ1n) is 7.80. The topological polar surface area (TPSA) is 81.3 Å². The Hall–Kier alpha value is -2.32. The Labute approximate surface area is 159 Å². The number of furan rings is 1. The van der Waals surface area contributed by atoms with Gasteiger partial charge in [0, 0.05) is 13.5 Å². The molecule has 0 spiro atoms. The van der Waals surface area contributed by atoms with Crippen LogP contribution in [-0.4, -0.2) is 42.7 Å². The van der Waals surface area contributed by atoms with Crippen molar-refractivity contribution in [3.05, 3.63) is 44.5 Å². The Balaban J connectivity index is 1.61. The minimum atomic E-state index is -0.688. The van der Waals surface area contributed by atoms with Crippen LogP contribution in [0.5, 0.6) is 0 Å². The van der Waals surface area contributed by atoms with Crippen LogP contribution in [-0.2, 0) is 20.9 Å². The van der Waals surface area contributed by atoms with Gasteiger partial charge in [0.05, 0.1) is 22.9 Å². The first-order valence-corrected chi connectivity index (χ1v) is 8.99. The number of thiophene rings is 1. The van der Waals surface area contributed by atoms with Crippen molar-refractivity contribution in [2.75, 3.05) is 14.2 Å². The molecule has 1 amide bonds. The molecule has 9 heteroatoms. The number of amides is 1. The van der Waals surface area contributed by atoms with Crippen LogP contribution in [0.2, 0.25) is 4.34 Å². The van der Waals surface area contributed by atoms with Gasteiger partial charge in [0.2, 0.25) is 6.10 Å². The molecule has 1 aliphatic rings. The highest BCUT2D eigenvalue weighted by Gasteiger charge is 2.32. The number of hydrogen-bond donors (Lipinski definition) is 0. The maximum absolute atomic E-state index is 12.6. The molecule has 0 fully saturated rings. The van der Waals surface area contributed by atoms with E-state index >= 15 is 0 Å². The fourth-order valence-electron chi connectivity index (χ4n) is 2.62. The molecule has 1 unspecified atom stereocenters. The summed E-state index contributed by atoms with van der Waals surface area (Å²) in [6, 6.07) is 5.21. The molecule has 0 aromatic carbocycles. The lowest BCUT2D eigenvalue weighted by atomic mass is 10.1. The van der Waals surface area contributed by atoms with Crippen LogP contribution in [0, 0.1) is 6.92 Å². The first kappa shape index (κ1) is 18.5. The van der Waals surface area contributed by atoms with Gasteiger partial charge in [-0.15, -0.1) is 11.3 Å². The average molecular weight is 397 g/mol. The number of carbonyl (C=O) groups is 2. The Morgan fingerprint density at radius 1 is 1.46 bits per heavy atom. The molecule has 0 saturated heterocycles. The Morgan fingerprint density at radius 2 is 2.23 bits per heavy atom. The molecule has 0 bridgehead atoms. The molecule has 1 atom stereocenters. The normalized spacial score (nSPS) is 16.2. The molecule has 3 heterocycles. The fraction of sp³-hybridized carbons (Fsp3) is 0.353. The van der Waals surface area contributed by atoms with E-state index in [2.05, 4.69) is 5.16 Å². The largest absolute Gasteiger partial charge is 0.465 e. The summed E-state index contributed by atoms with van der Waals surface area (Å²) in [6.07, 6.45) is -0.308. The predicted molar refractivity (Wildman–Crippen MR) is 96.6 cm³/mol. The summed E-state index contributed by atoms with van der Waals surface area (Å²) in [4.78, 5) is 31.9. The van der Waals surface area contributed by atoms with E-state index in [-0.39, 0.29) is 12.5 Å². The lowest BCUT2D eigenvalue weighted by Crippen LogP contribution is -2.36. The molecule has 7 nitrogen and oxygen atoms in total. The Kier molecular flexibility index (Phi) is 5.33. The van der Waals surface area contributed by atoms with Crippen molar-refractivity contribution < 1.29 is 23.6 Å². The van der Waals surface area contributed by atoms with Gasteiger partial charge in [0.1, 0.15) is 22.8 Å². The number of hydrogen-bond acceptors (Lipinski definition) is 7. The van der Waals surface area contributed by atoms with Crippen molar-refractivity contribution in [2.45, 2.75) is 26.0 Å². The van der Waals surface area contributed by atoms with Crippen LogP contribution in [0.4, 0.5) is 0 Å². The second-order valence-electron chi connectivity index (χ2n) is 5.81. The van der Waals surface area contributed by atoms with Gasteiger partial charge >= 0.3 is 5.97 Å². The van der Waals surface area contributed by atoms with Gasteiger partial charge in [-0.25, -0.2) is 4.79 Å². The summed E-state index contributed by atoms with van der Waals surface area (Å²) in [5.41, 5.74) is 1.05. The van der Waals surface area contributed by atoms with E-state index in [1.807, 2.05) is 6.07 Å². The van der Waals surface area contributed by atoms with Crippen LogP contribution in [0.1, 0.15) is 33.2 Å². The fourth-order valence-corrected chi connectivity index (χ4v) is 3.65. The summed E-state index contributed by atoms with van der Waals surface area (Å²) in [5, 5.41) is 4.00. The third-order valence-electron chi connectivity index (χ3n) is 3.95. The zero-order valence-electron chi connectivity index (χ0n) is 14.4. The highest BCUT2D eigenvalue weighted by atomic mass is 35.5. The monoisotopic (exact) mass is 396 g/mol. The summed E-state index contributed by atoms with van der Waals surface area (Å²) in [6.45, 7) is 1.88. The van der Waals surface area contributed by atoms with Gasteiger partial charge in [-0.05, 0) is 25.1 Å². The number of methoxy groups -OCH3 is 1. The average Bonchev–Trinajstić information content (AvgIpc) is 3.33. The van der Waals surface area contributed by atoms with Gasteiger partial charge in [0.25, 0.3) is 5.91 Å². The highest BCUT2D eigenvalue weighted by Crippen LogP contribution is 2.27. The van der Waals surface area contributed by atoms with E-state index in [1.165, 1.54) is 23.3 Å². The first-order chi connectivity index (χ1) is 12.4. The second kappa shape index (κ2) is 7.51. The summed E-state index contributed by atoms with van der Waals surface area (Å²) in [5.74, 6) is 0.242. The van der Waals surface area contributed by atoms with Crippen molar-refractivity contribution in [3.8, 4) is 0 Å². The number of halogens is 1. The number of likely N-dealkylation sites (N-methyl/N-ethyl adjacent to an activating group) is 1. The van der Waals surface area contributed by atoms with E-state index in [0.717, 1.165) is 4.88 Å². The van der Waals surface area contributed by atoms with E-state index in [1.54, 1.807) is 26.1 Å². The van der Waals surface area contributed by atoms with Crippen molar-refractivity contribution in [1.82, 2.24) is 4.90 Å². The number of oxime groups is 1. The van der Waals surface area contributed by atoms with E-state index < -0.39 is 12.1 Å². The molecule has 0 N–H and O–H groups in total. The standard InChI is InChI=1S/C17H17ClN2O5S/c1-9-11(17(22)23-3)6-10(24-9)8-20(2)16(21)13-7-12(19-25-13)14-4-5-15(18)26-14/h4-6,13H,7-8H2,1-3H3. The third-order valence-corrected chi connectivity index (χ3v) is 5.23. The maximum Gasteiger partial charge on any atom is 0.341 e. The zero-order valence-corrected chi connectivity index (χ0v) is 16.0. The highest BCUT2D eigenvalue weighted by molar-refractivity contribution is 7.18. The SMILES string of the molecule is COC(=O)c1cc(CN(C)C(=O)C2CC(c3ccc(Cl)s3)=NO2)oc1C. The van der Waals surface area contributed by atoms with Gasteiger partial charge in [-0.3, -0.25) is 4.79 Å². The molecule has 0 radical (unpaired) electrons. The van der Waals surface area contributed by atoms with Crippen LogP contribution < -0.4 is 0 Å². The molecule has 1 aliphatic heterocycles. The molecule has 3 rings (SSSR count). The quantitative estimate of drug-likeness (QED) is 0.724. The minimum Gasteiger partial charge on any atom is -0.465 e. The van der Waals surface area contributed by atoms with Gasteiger partial charge in [-0.1, -0.05) is 16.8 Å². The predicted octanol–water partition coefficient (Wildman–Crippen LogP) is 3.24. The lowest BCUT2D eigenvalue weighted by molar-refractivity contribution is -0.141. The number of rotatable bonds is 5. The van der Waals surface area contributed by atoms with Crippen molar-refractivity contribution in [2.24, 2.45) is 5.16 Å². The third kappa shape index (κ3) is 3.76. The molecule has 2 aromatic heterocycles. The lowest BCUT2D eigenvalue weighted by Gasteiger charge is -2.18. The van der Waals surface area contributed by atoms with Crippen molar-refractivity contribution in [3.63, 3.8) is 0 Å². The summed E-state index contributed by atoms with van der Waals surface area (Å²) < 4.78 is 10.9. The van der Waals surface area contributed by atoms with Gasteiger partial charge in [0.15, 0.2) is 0 Å². The van der Waals surface area contributed by atoms with Crippen LogP contribution in [0.25, 0.3) is 0 Å². The molecule has 0 aliphatic carbocycles. The van der Waals surface area contributed by atoms with Crippen LogP contribution in [0.3, 0.4) is 0 Å². The summed E-state index contributed by atoms with van der Waals surface area (Å²) >= 11 is 7.32. The number of nitrogens with zero attached hydrogens (tertiary/aromatic N) is 2. The molecule has 0 saturated carbocycles. The van der Waals surface area contributed by atoms with Crippen molar-refractivity contribution >= 4 is 40.5 Å². The Morgan fingerprint density at radius 3 is 2.88 bits per heavy atom. The van der Waals surface area contributed by atoms with Gasteiger partial charge < -0.3 is 18.9 Å². The smallest absolute Gasteiger partial charge is 0.341 e. The van der Waals surface area contributed by atoms with E-state index in [9.17, 15) is 9.59 Å². The number of aryl methyl sites for hydroxylation is 1. The zero-order chi connectivity index (χ0) is 18.8. The minimum absolute atomic E-state index is 0.205. The number of carbonyl (C=O) groups excluding carboxylic acids is 2. The van der Waals surface area contributed by atoms with Crippen LogP contribution >= 0.6 is 22.9 Å². The van der Waals surface area contributed by atoms with E-state index in [0.29, 0.717) is 33.6 Å². The van der Waals surface area contributed by atoms with Crippen molar-refractivity contribution in [1.29, 1.82) is 0 Å². The molecule has 2 aromatic rings. The van der Waals surface area contributed by atoms with E-state index in [4.69, 9.17) is 25.6 Å². The van der Waals surface area contributed by atoms with Crippen LogP contribution in [0.15, 0.2) is 27.8 Å². The number of ether oxygens (including phenoxy) is 1. The number of esters is 1. The summed E-state index contributed by atoms with van der Waals surface area (Å²) in [7, 11) is 2.95.